The van der Waals surface area contributed by atoms with Crippen molar-refractivity contribution in [2.45, 2.75) is 0 Å². The lowest BCUT2D eigenvalue weighted by molar-refractivity contribution is 0.0974. The normalized spacial score (nSPS) is 10.6. The molecule has 0 aliphatic rings. The number of nitrogens with zero attached hydrogens (tertiary/aromatic N) is 1. The first-order valence-electron chi connectivity index (χ1n) is 9.57. The zero-order valence-corrected chi connectivity index (χ0v) is 19.6. The number of methoxy groups -OCH3 is 2. The molecule has 0 unspecified atom stereocenters. The van der Waals surface area contributed by atoms with Crippen LogP contribution in [0.4, 0.5) is 5.69 Å². The van der Waals surface area contributed by atoms with Gasteiger partial charge in [-0.15, -0.1) is 0 Å². The van der Waals surface area contributed by atoms with Crippen LogP contribution in [0.3, 0.4) is 0 Å². The van der Waals surface area contributed by atoms with Crippen molar-refractivity contribution in [3.05, 3.63) is 70.7 Å². The van der Waals surface area contributed by atoms with Crippen molar-refractivity contribution in [2.75, 3.05) is 19.5 Å². The Morgan fingerprint density at radius 3 is 2.53 bits per heavy atom. The summed E-state index contributed by atoms with van der Waals surface area (Å²) in [6.45, 7) is 0. The van der Waals surface area contributed by atoms with Crippen LogP contribution in [0.2, 0.25) is 0 Å². The second-order valence-electron chi connectivity index (χ2n) is 6.77. The van der Waals surface area contributed by atoms with E-state index in [9.17, 15) is 4.79 Å². The van der Waals surface area contributed by atoms with Crippen LogP contribution in [0.1, 0.15) is 10.4 Å². The fraction of sp³-hybridized carbons (Fsp3) is 0.0870. The highest BCUT2D eigenvalue weighted by Crippen LogP contribution is 2.30. The van der Waals surface area contributed by atoms with Crippen LogP contribution < -0.4 is 20.1 Å². The van der Waals surface area contributed by atoms with Crippen molar-refractivity contribution in [1.82, 2.24) is 15.3 Å². The molecule has 0 atom stereocenters. The van der Waals surface area contributed by atoms with Gasteiger partial charge in [0.15, 0.2) is 5.11 Å². The Bertz CT molecular complexity index is 1290. The fourth-order valence-corrected chi connectivity index (χ4v) is 3.79. The number of ether oxygens (including phenoxy) is 2. The molecule has 3 N–H and O–H groups in total. The summed E-state index contributed by atoms with van der Waals surface area (Å²) < 4.78 is 11.5. The first kappa shape index (κ1) is 21.8. The van der Waals surface area contributed by atoms with Crippen molar-refractivity contribution in [1.29, 1.82) is 0 Å². The predicted molar refractivity (Wildman–Crippen MR) is 132 cm³/mol. The van der Waals surface area contributed by atoms with Crippen molar-refractivity contribution in [2.24, 2.45) is 0 Å². The molecule has 7 nitrogen and oxygen atoms in total. The zero-order chi connectivity index (χ0) is 22.7. The number of fused-ring (bicyclic) bond motifs is 1. The van der Waals surface area contributed by atoms with Gasteiger partial charge in [-0.3, -0.25) is 10.1 Å². The van der Waals surface area contributed by atoms with Gasteiger partial charge in [0.05, 0.1) is 36.5 Å². The molecule has 1 amide bonds. The highest BCUT2D eigenvalue weighted by Gasteiger charge is 2.16. The number of benzene rings is 3. The van der Waals surface area contributed by atoms with E-state index in [0.717, 1.165) is 21.1 Å². The maximum absolute atomic E-state index is 12.7. The number of anilines is 1. The number of halogens is 1. The third-order valence-corrected chi connectivity index (χ3v) is 5.44. The molecule has 9 heteroatoms. The van der Waals surface area contributed by atoms with Crippen LogP contribution in [0, 0.1) is 0 Å². The summed E-state index contributed by atoms with van der Waals surface area (Å²) >= 11 is 8.74. The number of imidazole rings is 1. The molecule has 3 aromatic carbocycles. The molecule has 0 fully saturated rings. The van der Waals surface area contributed by atoms with Crippen LogP contribution in [-0.4, -0.2) is 35.2 Å². The Morgan fingerprint density at radius 1 is 1.03 bits per heavy atom. The van der Waals surface area contributed by atoms with E-state index in [2.05, 4.69) is 36.5 Å². The molecule has 1 aromatic heterocycles. The van der Waals surface area contributed by atoms with E-state index >= 15 is 0 Å². The van der Waals surface area contributed by atoms with Gasteiger partial charge in [0.1, 0.15) is 17.3 Å². The molecule has 0 bridgehead atoms. The number of thiocarbonyl (C=S) groups is 1. The van der Waals surface area contributed by atoms with Crippen LogP contribution in [0.25, 0.3) is 22.4 Å². The largest absolute Gasteiger partial charge is 0.496 e. The zero-order valence-electron chi connectivity index (χ0n) is 17.2. The molecule has 162 valence electrons. The molecule has 4 rings (SSSR count). The maximum atomic E-state index is 12.7. The van der Waals surface area contributed by atoms with Gasteiger partial charge in [0, 0.05) is 10.0 Å². The van der Waals surface area contributed by atoms with Crippen LogP contribution in [0.15, 0.2) is 65.1 Å². The first-order valence-corrected chi connectivity index (χ1v) is 10.8. The first-order chi connectivity index (χ1) is 15.5. The molecule has 32 heavy (non-hydrogen) atoms. The minimum absolute atomic E-state index is 0.122. The SMILES string of the molecule is COc1ccc(-c2nc3ccccc3[nH]2)cc1NC(=S)NC(=O)c1cc(Br)ccc1OC. The predicted octanol–water partition coefficient (Wildman–Crippen LogP) is 5.14. The summed E-state index contributed by atoms with van der Waals surface area (Å²) in [5.41, 5.74) is 3.61. The standard InChI is InChI=1S/C23H19BrN4O3S/c1-30-19-10-8-14(24)12-15(19)22(29)28-23(32)27-18-11-13(7-9-20(18)31-2)21-25-16-5-3-4-6-17(16)26-21/h3-12H,1-2H3,(H,25,26)(H2,27,28,29,32). The van der Waals surface area contributed by atoms with Crippen molar-refractivity contribution in [3.63, 3.8) is 0 Å². The van der Waals surface area contributed by atoms with Crippen LogP contribution in [0.5, 0.6) is 11.5 Å². The number of carbonyl (C=O) groups is 1. The Hall–Kier alpha value is -3.43. The molecular weight excluding hydrogens is 492 g/mol. The number of aromatic amines is 1. The highest BCUT2D eigenvalue weighted by molar-refractivity contribution is 9.10. The maximum Gasteiger partial charge on any atom is 0.261 e. The quantitative estimate of drug-likeness (QED) is 0.322. The lowest BCUT2D eigenvalue weighted by Crippen LogP contribution is -2.34. The van der Waals surface area contributed by atoms with Gasteiger partial charge < -0.3 is 19.8 Å². The molecule has 4 aromatic rings. The van der Waals surface area contributed by atoms with E-state index < -0.39 is 5.91 Å². The van der Waals surface area contributed by atoms with Gasteiger partial charge in [-0.25, -0.2) is 4.98 Å². The molecule has 0 aliphatic carbocycles. The summed E-state index contributed by atoms with van der Waals surface area (Å²) in [6, 6.07) is 18.5. The minimum Gasteiger partial charge on any atom is -0.496 e. The van der Waals surface area contributed by atoms with Crippen LogP contribution in [-0.2, 0) is 0 Å². The van der Waals surface area contributed by atoms with Crippen LogP contribution >= 0.6 is 28.1 Å². The highest BCUT2D eigenvalue weighted by atomic mass is 79.9. The average molecular weight is 511 g/mol. The van der Waals surface area contributed by atoms with E-state index in [-0.39, 0.29) is 5.11 Å². The monoisotopic (exact) mass is 510 g/mol. The summed E-state index contributed by atoms with van der Waals surface area (Å²) in [7, 11) is 3.07. The van der Waals surface area contributed by atoms with Gasteiger partial charge in [0.2, 0.25) is 0 Å². The number of H-pyrrole nitrogens is 1. The Kier molecular flexibility index (Phi) is 6.38. The Balaban J connectivity index is 1.56. The topological polar surface area (TPSA) is 88.3 Å². The molecule has 0 saturated heterocycles. The molecule has 0 spiro atoms. The van der Waals surface area contributed by atoms with E-state index in [4.69, 9.17) is 21.7 Å². The summed E-state index contributed by atoms with van der Waals surface area (Å²) in [6.07, 6.45) is 0. The Labute approximate surface area is 198 Å². The average Bonchev–Trinajstić information content (AvgIpc) is 3.23. The molecule has 0 saturated carbocycles. The molecule has 1 heterocycles. The van der Waals surface area contributed by atoms with E-state index in [1.807, 2.05) is 42.5 Å². The molecule has 0 radical (unpaired) electrons. The second kappa shape index (κ2) is 9.37. The number of para-hydroxylation sites is 2. The number of hydrogen-bond acceptors (Lipinski definition) is 5. The smallest absolute Gasteiger partial charge is 0.261 e. The number of nitrogens with one attached hydrogen (secondary N) is 3. The number of hydrogen-bond donors (Lipinski definition) is 3. The number of amides is 1. The number of rotatable bonds is 5. The summed E-state index contributed by atoms with van der Waals surface area (Å²) in [5, 5.41) is 5.84. The number of aromatic nitrogens is 2. The van der Waals surface area contributed by atoms with E-state index in [1.54, 1.807) is 25.3 Å². The van der Waals surface area contributed by atoms with Gasteiger partial charge in [-0.2, -0.15) is 0 Å². The van der Waals surface area contributed by atoms with Gasteiger partial charge in [-0.1, -0.05) is 28.1 Å². The summed E-state index contributed by atoms with van der Waals surface area (Å²) in [4.78, 5) is 20.7. The lowest BCUT2D eigenvalue weighted by atomic mass is 10.1. The third-order valence-electron chi connectivity index (χ3n) is 4.74. The third kappa shape index (κ3) is 4.58. The van der Waals surface area contributed by atoms with E-state index in [1.165, 1.54) is 7.11 Å². The van der Waals surface area contributed by atoms with Gasteiger partial charge in [-0.05, 0) is 60.7 Å². The second-order valence-corrected chi connectivity index (χ2v) is 8.09. The minimum atomic E-state index is -0.395. The fourth-order valence-electron chi connectivity index (χ4n) is 3.22. The van der Waals surface area contributed by atoms with Crippen molar-refractivity contribution in [3.8, 4) is 22.9 Å². The molecule has 0 aliphatic heterocycles. The lowest BCUT2D eigenvalue weighted by Gasteiger charge is -2.15. The van der Waals surface area contributed by atoms with Crippen molar-refractivity contribution >= 4 is 55.9 Å². The van der Waals surface area contributed by atoms with E-state index in [0.29, 0.717) is 28.6 Å². The Morgan fingerprint density at radius 2 is 1.78 bits per heavy atom. The number of carbonyl (C=O) groups excluding carboxylic acids is 1. The van der Waals surface area contributed by atoms with Gasteiger partial charge >= 0.3 is 0 Å². The molecular formula is C23H19BrN4O3S. The van der Waals surface area contributed by atoms with Crippen molar-refractivity contribution < 1.29 is 14.3 Å². The van der Waals surface area contributed by atoms with Gasteiger partial charge in [0.25, 0.3) is 5.91 Å². The summed E-state index contributed by atoms with van der Waals surface area (Å²) in [5.74, 6) is 1.33.